The lowest BCUT2D eigenvalue weighted by molar-refractivity contribution is -0.114. The summed E-state index contributed by atoms with van der Waals surface area (Å²) in [6.45, 7) is 1.39. The van der Waals surface area contributed by atoms with E-state index in [0.717, 1.165) is 30.4 Å². The molecular formula is C26H28N2O5S. The summed E-state index contributed by atoms with van der Waals surface area (Å²) in [5.41, 5.74) is 3.12. The molecule has 0 aromatic heterocycles. The van der Waals surface area contributed by atoms with Crippen LogP contribution in [-0.2, 0) is 27.7 Å². The first-order chi connectivity index (χ1) is 16.3. The lowest BCUT2D eigenvalue weighted by atomic mass is 9.99. The van der Waals surface area contributed by atoms with Gasteiger partial charge in [-0.1, -0.05) is 42.8 Å². The molecule has 0 aliphatic rings. The molecule has 3 aromatic carbocycles. The molecule has 3 aromatic rings. The molecule has 7 nitrogen and oxygen atoms in total. The zero-order valence-electron chi connectivity index (χ0n) is 19.0. The number of unbranched alkanes of at least 4 members (excludes halogenated alkanes) is 2. The molecule has 1 amide bonds. The molecule has 3 N–H and O–H groups in total. The Morgan fingerprint density at radius 1 is 0.794 bits per heavy atom. The molecule has 0 aliphatic carbocycles. The van der Waals surface area contributed by atoms with Gasteiger partial charge in [0.25, 0.3) is 10.0 Å². The molecule has 0 atom stereocenters. The SMILES string of the molecule is CC(=O)Nc1ccc(S(=O)(=O)Nc2ccccc2CCCCCc2ccccc2C(=O)O)cc1. The number of rotatable bonds is 11. The molecule has 0 spiro atoms. The second kappa shape index (κ2) is 11.5. The molecule has 3 rings (SSSR count). The predicted molar refractivity (Wildman–Crippen MR) is 133 cm³/mol. The minimum atomic E-state index is -3.78. The normalized spacial score (nSPS) is 11.1. The Bertz CT molecular complexity index is 1250. The maximum atomic E-state index is 12.9. The summed E-state index contributed by atoms with van der Waals surface area (Å²) < 4.78 is 28.4. The number of hydrogen-bond donors (Lipinski definition) is 3. The molecule has 178 valence electrons. The first-order valence-electron chi connectivity index (χ1n) is 11.1. The minimum absolute atomic E-state index is 0.105. The molecule has 0 saturated carbocycles. The van der Waals surface area contributed by atoms with Crippen molar-refractivity contribution in [2.45, 2.75) is 43.9 Å². The molecule has 0 heterocycles. The van der Waals surface area contributed by atoms with Gasteiger partial charge in [0.15, 0.2) is 0 Å². The molecule has 0 saturated heterocycles. The Labute approximate surface area is 199 Å². The summed E-state index contributed by atoms with van der Waals surface area (Å²) in [6, 6.07) is 20.3. The van der Waals surface area contributed by atoms with Crippen molar-refractivity contribution in [3.05, 3.63) is 89.5 Å². The van der Waals surface area contributed by atoms with Gasteiger partial charge in [-0.2, -0.15) is 0 Å². The van der Waals surface area contributed by atoms with E-state index in [0.29, 0.717) is 29.8 Å². The van der Waals surface area contributed by atoms with E-state index in [1.165, 1.54) is 19.1 Å². The van der Waals surface area contributed by atoms with Gasteiger partial charge in [-0.05, 0) is 73.2 Å². The maximum Gasteiger partial charge on any atom is 0.335 e. The summed E-state index contributed by atoms with van der Waals surface area (Å²) in [4.78, 5) is 22.6. The van der Waals surface area contributed by atoms with Gasteiger partial charge in [0.1, 0.15) is 0 Å². The molecular weight excluding hydrogens is 452 g/mol. The number of carbonyl (C=O) groups excluding carboxylic acids is 1. The Balaban J connectivity index is 1.58. The number of sulfonamides is 1. The van der Waals surface area contributed by atoms with E-state index in [9.17, 15) is 23.1 Å². The minimum Gasteiger partial charge on any atom is -0.478 e. The molecule has 0 aliphatic heterocycles. The highest BCUT2D eigenvalue weighted by Gasteiger charge is 2.16. The number of hydrogen-bond acceptors (Lipinski definition) is 4. The van der Waals surface area contributed by atoms with Gasteiger partial charge < -0.3 is 10.4 Å². The van der Waals surface area contributed by atoms with Crippen LogP contribution in [0.2, 0.25) is 0 Å². The quantitative estimate of drug-likeness (QED) is 0.331. The van der Waals surface area contributed by atoms with Crippen LogP contribution in [0.3, 0.4) is 0 Å². The van der Waals surface area contributed by atoms with E-state index < -0.39 is 16.0 Å². The molecule has 0 bridgehead atoms. The van der Waals surface area contributed by atoms with Crippen molar-refractivity contribution >= 4 is 33.3 Å². The Morgan fingerprint density at radius 2 is 1.38 bits per heavy atom. The molecule has 0 unspecified atom stereocenters. The highest BCUT2D eigenvalue weighted by molar-refractivity contribution is 7.92. The van der Waals surface area contributed by atoms with Crippen molar-refractivity contribution in [2.24, 2.45) is 0 Å². The lowest BCUT2D eigenvalue weighted by Crippen LogP contribution is -2.14. The summed E-state index contributed by atoms with van der Waals surface area (Å²) in [7, 11) is -3.78. The number of carboxylic acid groups (broad SMARTS) is 1. The van der Waals surface area contributed by atoms with Crippen LogP contribution in [0, 0.1) is 0 Å². The van der Waals surface area contributed by atoms with Gasteiger partial charge in [0.2, 0.25) is 5.91 Å². The smallest absolute Gasteiger partial charge is 0.335 e. The van der Waals surface area contributed by atoms with Gasteiger partial charge in [0.05, 0.1) is 16.1 Å². The topological polar surface area (TPSA) is 113 Å². The van der Waals surface area contributed by atoms with E-state index in [1.54, 1.807) is 36.4 Å². The first-order valence-corrected chi connectivity index (χ1v) is 12.5. The number of benzene rings is 3. The standard InChI is InChI=1S/C26H28N2O5S/c1-19(29)27-22-15-17-23(18-16-22)34(32,33)28-25-14-8-6-12-21(25)11-4-2-3-9-20-10-5-7-13-24(20)26(30)31/h5-8,10,12-18,28H,2-4,9,11H2,1H3,(H,27,29)(H,30,31). The highest BCUT2D eigenvalue weighted by atomic mass is 32.2. The van der Waals surface area contributed by atoms with Crippen LogP contribution in [0.15, 0.2) is 77.7 Å². The van der Waals surface area contributed by atoms with Crippen LogP contribution in [0.5, 0.6) is 0 Å². The number of carbonyl (C=O) groups is 2. The van der Waals surface area contributed by atoms with E-state index in [4.69, 9.17) is 0 Å². The Hall–Kier alpha value is -3.65. The van der Waals surface area contributed by atoms with Crippen molar-refractivity contribution < 1.29 is 23.1 Å². The van der Waals surface area contributed by atoms with E-state index >= 15 is 0 Å². The Morgan fingerprint density at radius 3 is 2.03 bits per heavy atom. The van der Waals surface area contributed by atoms with Crippen LogP contribution in [0.25, 0.3) is 0 Å². The van der Waals surface area contributed by atoms with Crippen molar-refractivity contribution in [3.63, 3.8) is 0 Å². The zero-order chi connectivity index (χ0) is 24.6. The van der Waals surface area contributed by atoms with Crippen LogP contribution in [-0.4, -0.2) is 25.4 Å². The third-order valence-electron chi connectivity index (χ3n) is 5.39. The fourth-order valence-corrected chi connectivity index (χ4v) is 4.82. The highest BCUT2D eigenvalue weighted by Crippen LogP contribution is 2.23. The number of nitrogens with one attached hydrogen (secondary N) is 2. The van der Waals surface area contributed by atoms with E-state index in [-0.39, 0.29) is 10.8 Å². The average molecular weight is 481 g/mol. The number of aromatic carboxylic acids is 1. The third-order valence-corrected chi connectivity index (χ3v) is 6.77. The molecule has 0 radical (unpaired) electrons. The number of amides is 1. The fourth-order valence-electron chi connectivity index (χ4n) is 3.72. The van der Waals surface area contributed by atoms with Gasteiger partial charge in [-0.15, -0.1) is 0 Å². The van der Waals surface area contributed by atoms with Crippen molar-refractivity contribution in [1.82, 2.24) is 0 Å². The van der Waals surface area contributed by atoms with Gasteiger partial charge >= 0.3 is 5.97 Å². The van der Waals surface area contributed by atoms with E-state index in [1.807, 2.05) is 24.3 Å². The second-order valence-corrected chi connectivity index (χ2v) is 9.67. The second-order valence-electron chi connectivity index (χ2n) is 7.99. The first kappa shape index (κ1) is 25.0. The molecule has 34 heavy (non-hydrogen) atoms. The van der Waals surface area contributed by atoms with Crippen molar-refractivity contribution in [1.29, 1.82) is 0 Å². The van der Waals surface area contributed by atoms with Crippen LogP contribution in [0.4, 0.5) is 11.4 Å². The van der Waals surface area contributed by atoms with Crippen LogP contribution < -0.4 is 10.0 Å². The fraction of sp³-hybridized carbons (Fsp3) is 0.231. The molecule has 8 heteroatoms. The maximum absolute atomic E-state index is 12.9. The van der Waals surface area contributed by atoms with Gasteiger partial charge in [0, 0.05) is 12.6 Å². The van der Waals surface area contributed by atoms with Crippen molar-refractivity contribution in [3.8, 4) is 0 Å². The summed E-state index contributed by atoms with van der Waals surface area (Å²) in [5, 5.41) is 11.9. The number of anilines is 2. The number of para-hydroxylation sites is 1. The number of carboxylic acids is 1. The summed E-state index contributed by atoms with van der Waals surface area (Å²) in [5.74, 6) is -1.14. The monoisotopic (exact) mass is 480 g/mol. The largest absolute Gasteiger partial charge is 0.478 e. The van der Waals surface area contributed by atoms with Gasteiger partial charge in [-0.3, -0.25) is 9.52 Å². The zero-order valence-corrected chi connectivity index (χ0v) is 19.8. The van der Waals surface area contributed by atoms with Crippen molar-refractivity contribution in [2.75, 3.05) is 10.0 Å². The predicted octanol–water partition coefficient (Wildman–Crippen LogP) is 5.10. The van der Waals surface area contributed by atoms with E-state index in [2.05, 4.69) is 10.0 Å². The molecule has 0 fully saturated rings. The summed E-state index contributed by atoms with van der Waals surface area (Å²) in [6.07, 6.45) is 3.96. The third kappa shape index (κ3) is 6.92. The lowest BCUT2D eigenvalue weighted by Gasteiger charge is -2.13. The Kier molecular flexibility index (Phi) is 8.43. The van der Waals surface area contributed by atoms with Crippen LogP contribution >= 0.6 is 0 Å². The average Bonchev–Trinajstić information content (AvgIpc) is 2.80. The van der Waals surface area contributed by atoms with Gasteiger partial charge in [-0.25, -0.2) is 13.2 Å². The number of aryl methyl sites for hydroxylation is 2. The van der Waals surface area contributed by atoms with Crippen LogP contribution in [0.1, 0.15) is 47.7 Å². The summed E-state index contributed by atoms with van der Waals surface area (Å²) >= 11 is 0.